The van der Waals surface area contributed by atoms with Gasteiger partial charge in [0.1, 0.15) is 60.4 Å². The number of ketones is 1. The Hall–Kier alpha value is -2.74. The molecular weight excluding hydrogens is 616 g/mol. The van der Waals surface area contributed by atoms with Crippen molar-refractivity contribution in [3.8, 4) is 5.75 Å². The number of aliphatic hydroxyl groups excluding tert-OH is 7. The molecule has 5 rings (SSSR count). The van der Waals surface area contributed by atoms with Crippen molar-refractivity contribution in [2.45, 2.75) is 87.5 Å². The van der Waals surface area contributed by atoms with Crippen LogP contribution in [0.2, 0.25) is 0 Å². The van der Waals surface area contributed by atoms with Crippen LogP contribution in [0.4, 0.5) is 0 Å². The summed E-state index contributed by atoms with van der Waals surface area (Å²) in [6.45, 7) is 0.184. The van der Waals surface area contributed by atoms with Gasteiger partial charge in [-0.2, -0.15) is 0 Å². The number of hydrogen-bond donors (Lipinski definition) is 8. The van der Waals surface area contributed by atoms with Crippen LogP contribution in [0.1, 0.15) is 18.9 Å². The van der Waals surface area contributed by atoms with Crippen molar-refractivity contribution in [3.63, 3.8) is 0 Å². The Morgan fingerprint density at radius 1 is 0.848 bits per heavy atom. The van der Waals surface area contributed by atoms with Crippen molar-refractivity contribution in [1.29, 1.82) is 0 Å². The van der Waals surface area contributed by atoms with Gasteiger partial charge >= 0.3 is 5.97 Å². The van der Waals surface area contributed by atoms with E-state index in [-0.39, 0.29) is 30.1 Å². The van der Waals surface area contributed by atoms with Crippen molar-refractivity contribution < 1.29 is 78.9 Å². The van der Waals surface area contributed by atoms with Crippen LogP contribution in [0.15, 0.2) is 36.1 Å². The van der Waals surface area contributed by atoms with Gasteiger partial charge in [-0.3, -0.25) is 4.79 Å². The summed E-state index contributed by atoms with van der Waals surface area (Å²) >= 11 is 0. The molecule has 1 saturated carbocycles. The zero-order chi connectivity index (χ0) is 33.3. The molecule has 16 heteroatoms. The smallest absolute Gasteiger partial charge is 0.337 e. The molecule has 2 saturated heterocycles. The van der Waals surface area contributed by atoms with Crippen LogP contribution in [-0.4, -0.2) is 140 Å². The number of fused-ring (bicyclic) bond motifs is 1. The van der Waals surface area contributed by atoms with Gasteiger partial charge < -0.3 is 69.3 Å². The second-order valence-electron chi connectivity index (χ2n) is 11.9. The molecule has 16 nitrogen and oxygen atoms in total. The number of phenols is 1. The van der Waals surface area contributed by atoms with Crippen LogP contribution in [0.25, 0.3) is 0 Å². The van der Waals surface area contributed by atoms with Crippen molar-refractivity contribution in [2.24, 2.45) is 17.8 Å². The maximum absolute atomic E-state index is 13.0. The summed E-state index contributed by atoms with van der Waals surface area (Å²) in [5.41, 5.74) is 0.965. The summed E-state index contributed by atoms with van der Waals surface area (Å²) < 4.78 is 33.7. The van der Waals surface area contributed by atoms with E-state index in [0.29, 0.717) is 6.42 Å². The van der Waals surface area contributed by atoms with Crippen molar-refractivity contribution in [3.05, 3.63) is 41.7 Å². The van der Waals surface area contributed by atoms with Gasteiger partial charge in [-0.25, -0.2) is 4.79 Å². The van der Waals surface area contributed by atoms with Gasteiger partial charge in [-0.05, 0) is 17.7 Å². The molecule has 1 aromatic rings. The topological polar surface area (TPSA) is 251 Å². The Kier molecular flexibility index (Phi) is 11.0. The van der Waals surface area contributed by atoms with Crippen LogP contribution >= 0.6 is 0 Å². The highest BCUT2D eigenvalue weighted by atomic mass is 16.8. The number of esters is 1. The van der Waals surface area contributed by atoms with Crippen LogP contribution in [0, 0.1) is 17.8 Å². The third kappa shape index (κ3) is 6.93. The highest BCUT2D eigenvalue weighted by molar-refractivity contribution is 5.93. The second kappa shape index (κ2) is 14.6. The molecule has 8 N–H and O–H groups in total. The van der Waals surface area contributed by atoms with Gasteiger partial charge in [0.15, 0.2) is 12.6 Å². The minimum atomic E-state index is -1.84. The summed E-state index contributed by atoms with van der Waals surface area (Å²) in [4.78, 5) is 25.8. The van der Waals surface area contributed by atoms with E-state index in [0.717, 1.165) is 11.8 Å². The summed E-state index contributed by atoms with van der Waals surface area (Å²) in [6, 6.07) is 6.43. The summed E-state index contributed by atoms with van der Waals surface area (Å²) in [5, 5.41) is 81.3. The largest absolute Gasteiger partial charge is 0.508 e. The standard InChI is InChI=1S/C30H40O16/c1-12-17(34)8-15-16(27(40)41-7-6-13-2-4-14(33)5-3-13)11-42-28(20(12)15)46-30-25(39)26(22(36)19(10-32)44-30)45-29-24(38)23(37)21(35)18(9-31)43-29/h2-5,11-12,15,18-26,28-33,35-39H,6-10H2,1H3/t12-,15+,18+,19+,20+,21+,22+,23-,24+,25+,26-,28-,29-,30-/m0/s1. The number of Topliss-reactive ketones (excluding diaryl/α,β-unsaturated/α-hetero) is 1. The van der Waals surface area contributed by atoms with Gasteiger partial charge in [0.25, 0.3) is 0 Å². The van der Waals surface area contributed by atoms with Crippen molar-refractivity contribution >= 4 is 11.8 Å². The van der Waals surface area contributed by atoms with Crippen molar-refractivity contribution in [2.75, 3.05) is 19.8 Å². The first-order valence-electron chi connectivity index (χ1n) is 15.0. The van der Waals surface area contributed by atoms with E-state index in [9.17, 15) is 50.4 Å². The van der Waals surface area contributed by atoms with E-state index < -0.39 is 105 Å². The van der Waals surface area contributed by atoms with Gasteiger partial charge in [-0.1, -0.05) is 19.1 Å². The molecule has 256 valence electrons. The van der Waals surface area contributed by atoms with Gasteiger partial charge in [0.05, 0.1) is 31.7 Å². The number of ether oxygens (including phenoxy) is 6. The average molecular weight is 657 g/mol. The number of hydrogen-bond acceptors (Lipinski definition) is 16. The lowest BCUT2D eigenvalue weighted by Gasteiger charge is -2.47. The lowest BCUT2D eigenvalue weighted by atomic mass is 9.83. The number of carbonyl (C=O) groups excluding carboxylic acids is 2. The summed E-state index contributed by atoms with van der Waals surface area (Å²) in [6.07, 6.45) is -16.2. The van der Waals surface area contributed by atoms with Crippen LogP contribution in [-0.2, 0) is 44.4 Å². The average Bonchev–Trinajstić information content (AvgIpc) is 3.35. The molecule has 46 heavy (non-hydrogen) atoms. The number of benzene rings is 1. The first kappa shape index (κ1) is 34.6. The van der Waals surface area contributed by atoms with E-state index in [2.05, 4.69) is 0 Å². The van der Waals surface area contributed by atoms with E-state index in [1.54, 1.807) is 19.1 Å². The van der Waals surface area contributed by atoms with Gasteiger partial charge in [-0.15, -0.1) is 0 Å². The fraction of sp³-hybridized carbons (Fsp3) is 0.667. The maximum atomic E-state index is 13.0. The molecule has 0 bridgehead atoms. The minimum absolute atomic E-state index is 0.00283. The quantitative estimate of drug-likeness (QED) is 0.118. The molecule has 0 amide bonds. The molecule has 1 aromatic carbocycles. The van der Waals surface area contributed by atoms with Crippen LogP contribution < -0.4 is 0 Å². The number of rotatable bonds is 10. The SMILES string of the molecule is C[C@H]1C(=O)C[C@@H]2C(C(=O)OCCc3ccc(O)cc3)=CO[C@@H](O[C@@H]3O[C@H](CO)[C@@H](O)[C@H](O[C@@H]4O[C@H](CO)[C@@H](O)[C@H](O)[C@H]4O)[C@H]3O)[C@@H]21. The number of carbonyl (C=O) groups is 2. The number of aromatic hydroxyl groups is 1. The Morgan fingerprint density at radius 3 is 2.13 bits per heavy atom. The molecule has 3 fully saturated rings. The number of phenolic OH excluding ortho intramolecular Hbond substituents is 1. The Balaban J connectivity index is 1.28. The summed E-state index contributed by atoms with van der Waals surface area (Å²) in [5.74, 6) is -2.72. The molecule has 0 unspecified atom stereocenters. The lowest BCUT2D eigenvalue weighted by Crippen LogP contribution is -2.65. The molecule has 3 heterocycles. The Morgan fingerprint density at radius 2 is 1.48 bits per heavy atom. The van der Waals surface area contributed by atoms with E-state index in [1.165, 1.54) is 12.1 Å². The Bertz CT molecular complexity index is 1240. The number of aliphatic hydroxyl groups is 7. The van der Waals surface area contributed by atoms with Crippen LogP contribution in [0.5, 0.6) is 5.75 Å². The lowest BCUT2D eigenvalue weighted by molar-refractivity contribution is -0.375. The van der Waals surface area contributed by atoms with E-state index in [1.807, 2.05) is 0 Å². The van der Waals surface area contributed by atoms with Crippen LogP contribution in [0.3, 0.4) is 0 Å². The molecule has 3 aliphatic heterocycles. The zero-order valence-corrected chi connectivity index (χ0v) is 24.8. The summed E-state index contributed by atoms with van der Waals surface area (Å²) in [7, 11) is 0. The molecular formula is C30H40O16. The third-order valence-electron chi connectivity index (χ3n) is 9.04. The normalized spacial score (nSPS) is 41.0. The zero-order valence-electron chi connectivity index (χ0n) is 24.8. The molecule has 14 atom stereocenters. The second-order valence-corrected chi connectivity index (χ2v) is 11.9. The van der Waals surface area contributed by atoms with E-state index in [4.69, 9.17) is 28.4 Å². The highest BCUT2D eigenvalue weighted by Crippen LogP contribution is 2.46. The molecule has 1 aliphatic carbocycles. The van der Waals surface area contributed by atoms with Gasteiger partial charge in [0.2, 0.25) is 6.29 Å². The highest BCUT2D eigenvalue weighted by Gasteiger charge is 2.55. The fourth-order valence-electron chi connectivity index (χ4n) is 6.29. The van der Waals surface area contributed by atoms with Gasteiger partial charge in [0, 0.05) is 30.6 Å². The molecule has 0 radical (unpaired) electrons. The first-order chi connectivity index (χ1) is 21.9. The fourth-order valence-corrected chi connectivity index (χ4v) is 6.29. The minimum Gasteiger partial charge on any atom is -0.508 e. The maximum Gasteiger partial charge on any atom is 0.337 e. The molecule has 4 aliphatic rings. The van der Waals surface area contributed by atoms with E-state index >= 15 is 0 Å². The first-order valence-corrected chi connectivity index (χ1v) is 15.0. The monoisotopic (exact) mass is 656 g/mol. The molecule has 0 spiro atoms. The predicted octanol–water partition coefficient (Wildman–Crippen LogP) is -2.80. The predicted molar refractivity (Wildman–Crippen MR) is 149 cm³/mol. The Labute approximate surface area is 263 Å². The molecule has 0 aromatic heterocycles. The van der Waals surface area contributed by atoms with Crippen molar-refractivity contribution in [1.82, 2.24) is 0 Å². The third-order valence-corrected chi connectivity index (χ3v) is 9.04.